The summed E-state index contributed by atoms with van der Waals surface area (Å²) in [6.07, 6.45) is 5.33. The van der Waals surface area contributed by atoms with E-state index in [4.69, 9.17) is 5.73 Å². The predicted molar refractivity (Wildman–Crippen MR) is 75.3 cm³/mol. The van der Waals surface area contributed by atoms with Crippen LogP contribution in [0.25, 0.3) is 0 Å². The van der Waals surface area contributed by atoms with Crippen molar-refractivity contribution in [3.05, 3.63) is 0 Å². The molecule has 3 N–H and O–H groups in total. The number of likely N-dealkylation sites (tertiary alicyclic amines) is 1. The summed E-state index contributed by atoms with van der Waals surface area (Å²) >= 11 is 0. The van der Waals surface area contributed by atoms with E-state index in [1.165, 1.54) is 32.4 Å². The van der Waals surface area contributed by atoms with Crippen LogP contribution in [0.1, 0.15) is 46.0 Å². The van der Waals surface area contributed by atoms with E-state index in [0.29, 0.717) is 12.3 Å². The van der Waals surface area contributed by atoms with Gasteiger partial charge in [0.05, 0.1) is 0 Å². The molecule has 2 atom stereocenters. The lowest BCUT2D eigenvalue weighted by molar-refractivity contribution is -0.121. The summed E-state index contributed by atoms with van der Waals surface area (Å²) < 4.78 is 0. The molecular formula is C14H29N3O. The number of carbonyl (C=O) groups excluding carboxylic acids is 1. The van der Waals surface area contributed by atoms with E-state index in [-0.39, 0.29) is 11.9 Å². The highest BCUT2D eigenvalue weighted by molar-refractivity contribution is 5.76. The molecule has 0 aromatic carbocycles. The molecule has 1 fully saturated rings. The van der Waals surface area contributed by atoms with Gasteiger partial charge in [-0.15, -0.1) is 0 Å². The van der Waals surface area contributed by atoms with Gasteiger partial charge in [-0.2, -0.15) is 0 Å². The minimum absolute atomic E-state index is 0.00222. The van der Waals surface area contributed by atoms with Gasteiger partial charge in [-0.25, -0.2) is 0 Å². The molecule has 0 aliphatic carbocycles. The van der Waals surface area contributed by atoms with Gasteiger partial charge >= 0.3 is 0 Å². The van der Waals surface area contributed by atoms with Gasteiger partial charge < -0.3 is 16.0 Å². The van der Waals surface area contributed by atoms with Gasteiger partial charge in [-0.1, -0.05) is 20.3 Å². The third-order valence-electron chi connectivity index (χ3n) is 3.64. The third kappa shape index (κ3) is 6.36. The van der Waals surface area contributed by atoms with Crippen LogP contribution in [0.5, 0.6) is 0 Å². The van der Waals surface area contributed by atoms with Crippen LogP contribution in [0.3, 0.4) is 0 Å². The molecule has 4 heteroatoms. The lowest BCUT2D eigenvalue weighted by atomic mass is 10.1. The molecule has 0 spiro atoms. The van der Waals surface area contributed by atoms with E-state index in [0.717, 1.165) is 19.5 Å². The standard InChI is InChI=1S/C14H29N3O/c1-3-13(15)9-14(18)16-10-12(2)11-17-7-5-4-6-8-17/h12-13H,3-11,15H2,1-2H3,(H,16,18). The fourth-order valence-corrected chi connectivity index (χ4v) is 2.39. The second-order valence-electron chi connectivity index (χ2n) is 5.64. The molecule has 0 radical (unpaired) electrons. The number of nitrogens with zero attached hydrogens (tertiary/aromatic N) is 1. The summed E-state index contributed by atoms with van der Waals surface area (Å²) in [5, 5.41) is 2.99. The van der Waals surface area contributed by atoms with Gasteiger partial charge in [-0.3, -0.25) is 4.79 Å². The topological polar surface area (TPSA) is 58.4 Å². The summed E-state index contributed by atoms with van der Waals surface area (Å²) in [5.41, 5.74) is 5.76. The first-order valence-corrected chi connectivity index (χ1v) is 7.36. The van der Waals surface area contributed by atoms with Gasteiger partial charge in [0, 0.05) is 25.6 Å². The smallest absolute Gasteiger partial charge is 0.221 e. The molecule has 4 nitrogen and oxygen atoms in total. The molecule has 1 rings (SSSR count). The summed E-state index contributed by atoms with van der Waals surface area (Å²) in [5.74, 6) is 0.611. The number of nitrogens with two attached hydrogens (primary N) is 1. The van der Waals surface area contributed by atoms with Crippen molar-refractivity contribution in [2.75, 3.05) is 26.2 Å². The minimum atomic E-state index is 0.00222. The van der Waals surface area contributed by atoms with E-state index >= 15 is 0 Å². The SMILES string of the molecule is CCC(N)CC(=O)NCC(C)CN1CCCCC1. The fourth-order valence-electron chi connectivity index (χ4n) is 2.39. The van der Waals surface area contributed by atoms with Crippen LogP contribution < -0.4 is 11.1 Å². The molecule has 1 saturated heterocycles. The second kappa shape index (κ2) is 8.48. The van der Waals surface area contributed by atoms with Crippen LogP contribution >= 0.6 is 0 Å². The lowest BCUT2D eigenvalue weighted by Crippen LogP contribution is -2.39. The Hall–Kier alpha value is -0.610. The molecule has 0 aromatic rings. The van der Waals surface area contributed by atoms with Crippen molar-refractivity contribution >= 4 is 5.91 Å². The highest BCUT2D eigenvalue weighted by Gasteiger charge is 2.14. The van der Waals surface area contributed by atoms with Crippen LogP contribution in [-0.2, 0) is 4.79 Å². The molecule has 1 aliphatic heterocycles. The third-order valence-corrected chi connectivity index (χ3v) is 3.64. The Kier molecular flexibility index (Phi) is 7.28. The number of hydrogen-bond donors (Lipinski definition) is 2. The lowest BCUT2D eigenvalue weighted by Gasteiger charge is -2.29. The Balaban J connectivity index is 2.11. The number of piperidine rings is 1. The Morgan fingerprint density at radius 1 is 1.33 bits per heavy atom. The van der Waals surface area contributed by atoms with E-state index in [9.17, 15) is 4.79 Å². The fraction of sp³-hybridized carbons (Fsp3) is 0.929. The zero-order valence-corrected chi connectivity index (χ0v) is 12.0. The van der Waals surface area contributed by atoms with Gasteiger partial charge in [0.15, 0.2) is 0 Å². The van der Waals surface area contributed by atoms with Gasteiger partial charge in [-0.05, 0) is 38.3 Å². The average Bonchev–Trinajstić information content (AvgIpc) is 2.37. The molecule has 1 heterocycles. The number of nitrogens with one attached hydrogen (secondary N) is 1. The number of rotatable bonds is 7. The van der Waals surface area contributed by atoms with E-state index in [1.54, 1.807) is 0 Å². The zero-order chi connectivity index (χ0) is 13.4. The van der Waals surface area contributed by atoms with Crippen molar-refractivity contribution in [1.82, 2.24) is 10.2 Å². The Morgan fingerprint density at radius 2 is 2.00 bits per heavy atom. The van der Waals surface area contributed by atoms with Crippen molar-refractivity contribution in [2.45, 2.75) is 52.0 Å². The first-order valence-electron chi connectivity index (χ1n) is 7.36. The maximum Gasteiger partial charge on any atom is 0.221 e. The molecule has 1 amide bonds. The van der Waals surface area contributed by atoms with Crippen LogP contribution in [0.2, 0.25) is 0 Å². The maximum atomic E-state index is 11.6. The molecule has 1 aliphatic rings. The Labute approximate surface area is 111 Å². The average molecular weight is 255 g/mol. The largest absolute Gasteiger partial charge is 0.356 e. The van der Waals surface area contributed by atoms with Gasteiger partial charge in [0.2, 0.25) is 5.91 Å². The van der Waals surface area contributed by atoms with Crippen LogP contribution in [0.15, 0.2) is 0 Å². The van der Waals surface area contributed by atoms with Crippen LogP contribution in [0, 0.1) is 5.92 Å². The summed E-state index contributed by atoms with van der Waals surface area (Å²) in [7, 11) is 0. The molecule has 18 heavy (non-hydrogen) atoms. The molecule has 2 unspecified atom stereocenters. The highest BCUT2D eigenvalue weighted by Crippen LogP contribution is 2.10. The van der Waals surface area contributed by atoms with Crippen molar-refractivity contribution in [3.63, 3.8) is 0 Å². The van der Waals surface area contributed by atoms with Gasteiger partial charge in [0.1, 0.15) is 0 Å². The molecule has 0 bridgehead atoms. The van der Waals surface area contributed by atoms with Crippen molar-refractivity contribution in [1.29, 1.82) is 0 Å². The number of carbonyl (C=O) groups is 1. The molecule has 106 valence electrons. The van der Waals surface area contributed by atoms with Crippen molar-refractivity contribution < 1.29 is 4.79 Å². The van der Waals surface area contributed by atoms with Gasteiger partial charge in [0.25, 0.3) is 0 Å². The second-order valence-corrected chi connectivity index (χ2v) is 5.64. The molecule has 0 saturated carbocycles. The highest BCUT2D eigenvalue weighted by atomic mass is 16.1. The Morgan fingerprint density at radius 3 is 2.61 bits per heavy atom. The summed E-state index contributed by atoms with van der Waals surface area (Å²) in [6, 6.07) is 0.00222. The number of amides is 1. The van der Waals surface area contributed by atoms with Crippen LogP contribution in [-0.4, -0.2) is 43.0 Å². The first-order chi connectivity index (χ1) is 8.61. The first kappa shape index (κ1) is 15.4. The molecular weight excluding hydrogens is 226 g/mol. The summed E-state index contributed by atoms with van der Waals surface area (Å²) in [6.45, 7) is 8.52. The van der Waals surface area contributed by atoms with Crippen molar-refractivity contribution in [2.24, 2.45) is 11.7 Å². The van der Waals surface area contributed by atoms with E-state index < -0.39 is 0 Å². The van der Waals surface area contributed by atoms with Crippen LogP contribution in [0.4, 0.5) is 0 Å². The summed E-state index contributed by atoms with van der Waals surface area (Å²) in [4.78, 5) is 14.1. The maximum absolute atomic E-state index is 11.6. The van der Waals surface area contributed by atoms with E-state index in [1.807, 2.05) is 6.92 Å². The van der Waals surface area contributed by atoms with Crippen molar-refractivity contribution in [3.8, 4) is 0 Å². The zero-order valence-electron chi connectivity index (χ0n) is 12.0. The Bertz CT molecular complexity index is 239. The van der Waals surface area contributed by atoms with E-state index in [2.05, 4.69) is 17.1 Å². The monoisotopic (exact) mass is 255 g/mol. The predicted octanol–water partition coefficient (Wildman–Crippen LogP) is 1.35. The minimum Gasteiger partial charge on any atom is -0.356 e. The molecule has 0 aromatic heterocycles. The quantitative estimate of drug-likeness (QED) is 0.722. The normalized spacial score (nSPS) is 20.4. The number of hydrogen-bond acceptors (Lipinski definition) is 3.